The Morgan fingerprint density at radius 2 is 2.24 bits per heavy atom. The molecule has 0 unspecified atom stereocenters. The minimum atomic E-state index is -3.56. The number of benzene rings is 1. The van der Waals surface area contributed by atoms with E-state index in [-0.39, 0.29) is 11.5 Å². The summed E-state index contributed by atoms with van der Waals surface area (Å²) in [6, 6.07) is 6.30. The Balaban J connectivity index is 2.04. The molecule has 21 heavy (non-hydrogen) atoms. The van der Waals surface area contributed by atoms with E-state index in [4.69, 9.17) is 5.11 Å². The fraction of sp³-hybridized carbons (Fsp3) is 0.214. The van der Waals surface area contributed by atoms with Crippen molar-refractivity contribution in [3.63, 3.8) is 0 Å². The molecule has 1 aromatic heterocycles. The molecule has 7 heteroatoms. The van der Waals surface area contributed by atoms with Crippen molar-refractivity contribution in [2.45, 2.75) is 11.3 Å². The van der Waals surface area contributed by atoms with Crippen LogP contribution in [0.1, 0.15) is 10.6 Å². The topological polar surface area (TPSA) is 79.3 Å². The Kier molecular flexibility index (Phi) is 5.47. The maximum absolute atomic E-state index is 12.2. The Morgan fingerprint density at radius 1 is 1.38 bits per heavy atom. The molecule has 2 N–H and O–H groups in total. The maximum atomic E-state index is 12.2. The van der Waals surface area contributed by atoms with E-state index in [1.165, 1.54) is 23.5 Å². The number of aromatic nitrogens is 1. The molecular weight excluding hydrogens is 308 g/mol. The van der Waals surface area contributed by atoms with Crippen LogP contribution in [0, 0.1) is 11.8 Å². The Hall–Kier alpha value is -1.72. The third-order valence-corrected chi connectivity index (χ3v) is 4.87. The van der Waals surface area contributed by atoms with E-state index in [0.717, 1.165) is 5.01 Å². The highest BCUT2D eigenvalue weighted by Crippen LogP contribution is 2.11. The zero-order valence-corrected chi connectivity index (χ0v) is 12.7. The van der Waals surface area contributed by atoms with Crippen molar-refractivity contribution >= 4 is 21.4 Å². The predicted molar refractivity (Wildman–Crippen MR) is 81.4 cm³/mol. The largest absolute Gasteiger partial charge is 0.384 e. The molecule has 0 amide bonds. The van der Waals surface area contributed by atoms with Crippen LogP contribution in [0.15, 0.2) is 40.7 Å². The van der Waals surface area contributed by atoms with Gasteiger partial charge in [-0.05, 0) is 18.2 Å². The van der Waals surface area contributed by atoms with E-state index in [2.05, 4.69) is 21.5 Å². The van der Waals surface area contributed by atoms with Crippen LogP contribution in [0.5, 0.6) is 0 Å². The number of sulfonamides is 1. The number of nitrogens with one attached hydrogen (secondary N) is 1. The van der Waals surface area contributed by atoms with Gasteiger partial charge in [0.15, 0.2) is 0 Å². The second kappa shape index (κ2) is 7.33. The third-order valence-electron chi connectivity index (χ3n) is 2.57. The van der Waals surface area contributed by atoms with Gasteiger partial charge in [0.1, 0.15) is 6.61 Å². The summed E-state index contributed by atoms with van der Waals surface area (Å²) in [7, 11) is -3.56. The normalized spacial score (nSPS) is 10.9. The van der Waals surface area contributed by atoms with Crippen LogP contribution in [0.25, 0.3) is 0 Å². The molecule has 0 radical (unpaired) electrons. The number of hydrogen-bond donors (Lipinski definition) is 2. The van der Waals surface area contributed by atoms with Crippen molar-refractivity contribution in [3.8, 4) is 11.8 Å². The summed E-state index contributed by atoms with van der Waals surface area (Å²) in [5.41, 5.74) is 0.548. The molecule has 0 atom stereocenters. The molecule has 110 valence electrons. The number of rotatable bonds is 5. The molecule has 0 aliphatic carbocycles. The van der Waals surface area contributed by atoms with Crippen LogP contribution >= 0.6 is 11.3 Å². The van der Waals surface area contributed by atoms with Crippen LogP contribution < -0.4 is 4.72 Å². The first-order valence-electron chi connectivity index (χ1n) is 6.19. The molecule has 0 bridgehead atoms. The quantitative estimate of drug-likeness (QED) is 0.805. The average molecular weight is 322 g/mol. The van der Waals surface area contributed by atoms with Gasteiger partial charge >= 0.3 is 0 Å². The third kappa shape index (κ3) is 4.65. The Morgan fingerprint density at radius 3 is 2.95 bits per heavy atom. The SMILES string of the molecule is O=S(=O)(NCCc1nccs1)c1cccc(C#CCO)c1. The monoisotopic (exact) mass is 322 g/mol. The van der Waals surface area contributed by atoms with Gasteiger partial charge < -0.3 is 5.11 Å². The highest BCUT2D eigenvalue weighted by molar-refractivity contribution is 7.89. The number of aliphatic hydroxyl groups excluding tert-OH is 1. The molecule has 0 saturated carbocycles. The highest BCUT2D eigenvalue weighted by atomic mass is 32.2. The molecule has 0 aliphatic heterocycles. The van der Waals surface area contributed by atoms with Crippen LogP contribution in [0.2, 0.25) is 0 Å². The fourth-order valence-electron chi connectivity index (χ4n) is 1.63. The molecule has 1 aromatic carbocycles. The van der Waals surface area contributed by atoms with Crippen molar-refractivity contribution in [2.75, 3.05) is 13.2 Å². The summed E-state index contributed by atoms with van der Waals surface area (Å²) < 4.78 is 26.9. The standard InChI is InChI=1S/C14H14N2O3S2/c17-9-2-4-12-3-1-5-13(11-12)21(18,19)16-7-6-14-15-8-10-20-14/h1,3,5,8,10-11,16-17H,6-7,9H2. The lowest BCUT2D eigenvalue weighted by atomic mass is 10.2. The molecular formula is C14H14N2O3S2. The van der Waals surface area contributed by atoms with Crippen molar-refractivity contribution in [2.24, 2.45) is 0 Å². The van der Waals surface area contributed by atoms with Gasteiger partial charge in [0, 0.05) is 30.1 Å². The lowest BCUT2D eigenvalue weighted by molar-refractivity contribution is 0.350. The summed E-state index contributed by atoms with van der Waals surface area (Å²) in [5.74, 6) is 5.17. The highest BCUT2D eigenvalue weighted by Gasteiger charge is 2.13. The molecule has 2 rings (SSSR count). The molecule has 0 aliphatic rings. The van der Waals surface area contributed by atoms with Gasteiger partial charge in [-0.25, -0.2) is 18.1 Å². The van der Waals surface area contributed by atoms with Gasteiger partial charge in [0.2, 0.25) is 10.0 Å². The lowest BCUT2D eigenvalue weighted by Gasteiger charge is -2.06. The van der Waals surface area contributed by atoms with Crippen molar-refractivity contribution in [3.05, 3.63) is 46.4 Å². The van der Waals surface area contributed by atoms with E-state index in [1.54, 1.807) is 18.3 Å². The van der Waals surface area contributed by atoms with E-state index < -0.39 is 10.0 Å². The molecule has 1 heterocycles. The lowest BCUT2D eigenvalue weighted by Crippen LogP contribution is -2.26. The zero-order chi connectivity index (χ0) is 15.1. The predicted octanol–water partition coefficient (Wildman–Crippen LogP) is 1.01. The number of thiazole rings is 1. The number of nitrogens with zero attached hydrogens (tertiary/aromatic N) is 1. The molecule has 2 aromatic rings. The first-order chi connectivity index (χ1) is 10.1. The average Bonchev–Trinajstić information content (AvgIpc) is 2.98. The van der Waals surface area contributed by atoms with E-state index in [0.29, 0.717) is 18.5 Å². The molecule has 0 saturated heterocycles. The first-order valence-corrected chi connectivity index (χ1v) is 8.56. The summed E-state index contributed by atoms with van der Waals surface area (Å²) in [6.07, 6.45) is 2.25. The maximum Gasteiger partial charge on any atom is 0.240 e. The summed E-state index contributed by atoms with van der Waals surface area (Å²) in [4.78, 5) is 4.26. The summed E-state index contributed by atoms with van der Waals surface area (Å²) in [5, 5.41) is 11.4. The van der Waals surface area contributed by atoms with E-state index >= 15 is 0 Å². The van der Waals surface area contributed by atoms with E-state index in [9.17, 15) is 8.42 Å². The first kappa shape index (κ1) is 15.7. The van der Waals surface area contributed by atoms with Crippen LogP contribution in [-0.2, 0) is 16.4 Å². The van der Waals surface area contributed by atoms with Gasteiger partial charge in [0.05, 0.1) is 9.90 Å². The van der Waals surface area contributed by atoms with Crippen molar-refractivity contribution in [1.29, 1.82) is 0 Å². The summed E-state index contributed by atoms with van der Waals surface area (Å²) in [6.45, 7) is 0.0332. The van der Waals surface area contributed by atoms with Gasteiger partial charge in [-0.3, -0.25) is 0 Å². The minimum absolute atomic E-state index is 0.159. The second-order valence-electron chi connectivity index (χ2n) is 4.06. The number of aliphatic hydroxyl groups is 1. The van der Waals surface area contributed by atoms with Crippen LogP contribution in [0.4, 0.5) is 0 Å². The molecule has 5 nitrogen and oxygen atoms in total. The van der Waals surface area contributed by atoms with Gasteiger partial charge in [-0.15, -0.1) is 11.3 Å². The minimum Gasteiger partial charge on any atom is -0.384 e. The van der Waals surface area contributed by atoms with E-state index in [1.807, 2.05) is 5.38 Å². The smallest absolute Gasteiger partial charge is 0.240 e. The Bertz CT molecular complexity index is 744. The summed E-state index contributed by atoms with van der Waals surface area (Å²) >= 11 is 1.49. The van der Waals surface area contributed by atoms with Gasteiger partial charge in [-0.1, -0.05) is 17.9 Å². The van der Waals surface area contributed by atoms with Gasteiger partial charge in [-0.2, -0.15) is 0 Å². The molecule has 0 fully saturated rings. The molecule has 0 spiro atoms. The fourth-order valence-corrected chi connectivity index (χ4v) is 3.33. The van der Waals surface area contributed by atoms with Crippen LogP contribution in [-0.4, -0.2) is 31.7 Å². The van der Waals surface area contributed by atoms with Crippen molar-refractivity contribution < 1.29 is 13.5 Å². The Labute approximate surface area is 127 Å². The second-order valence-corrected chi connectivity index (χ2v) is 6.81. The van der Waals surface area contributed by atoms with Crippen LogP contribution in [0.3, 0.4) is 0 Å². The number of hydrogen-bond acceptors (Lipinski definition) is 5. The van der Waals surface area contributed by atoms with Crippen molar-refractivity contribution in [1.82, 2.24) is 9.71 Å². The van der Waals surface area contributed by atoms with Gasteiger partial charge in [0.25, 0.3) is 0 Å². The zero-order valence-electron chi connectivity index (χ0n) is 11.1.